The van der Waals surface area contributed by atoms with Gasteiger partial charge in [-0.3, -0.25) is 14.7 Å². The van der Waals surface area contributed by atoms with E-state index in [4.69, 9.17) is 28.4 Å². The largest absolute Gasteiger partial charge is 0.459 e. The molecule has 0 spiro atoms. The van der Waals surface area contributed by atoms with Crippen molar-refractivity contribution in [3.63, 3.8) is 0 Å². The zero-order chi connectivity index (χ0) is 44.0. The summed E-state index contributed by atoms with van der Waals surface area (Å²) in [4.78, 5) is 22.5. The molecule has 14 heteroatoms. The normalized spacial score (nSPS) is 43.9. The quantitative estimate of drug-likeness (QED) is 0.244. The van der Waals surface area contributed by atoms with Crippen LogP contribution >= 0.6 is 0 Å². The van der Waals surface area contributed by atoms with Crippen molar-refractivity contribution in [2.24, 2.45) is 17.8 Å². The molecule has 1 aromatic heterocycles. The number of methoxy groups -OCH3 is 1. The number of carbonyl (C=O) groups is 1. The lowest BCUT2D eigenvalue weighted by Crippen LogP contribution is -2.60. The summed E-state index contributed by atoms with van der Waals surface area (Å²) in [5.74, 6) is -2.46. The Kier molecular flexibility index (Phi) is 17.5. The molecule has 0 bridgehead atoms. The van der Waals surface area contributed by atoms with E-state index in [9.17, 15) is 25.2 Å². The smallest absolute Gasteiger partial charge is 0.311 e. The molecule has 17 atom stereocenters. The van der Waals surface area contributed by atoms with Gasteiger partial charge in [0.05, 0.1) is 41.5 Å². The van der Waals surface area contributed by atoms with E-state index < -0.39 is 83.7 Å². The maximum absolute atomic E-state index is 14.4. The Balaban J connectivity index is 1.75. The van der Waals surface area contributed by atoms with E-state index in [-0.39, 0.29) is 37.0 Å². The molecule has 0 amide bonds. The third-order valence-electron chi connectivity index (χ3n) is 13.2. The van der Waals surface area contributed by atoms with E-state index in [1.807, 2.05) is 84.8 Å². The van der Waals surface area contributed by atoms with Crippen LogP contribution in [0.25, 0.3) is 6.08 Å². The van der Waals surface area contributed by atoms with Crippen LogP contribution in [-0.2, 0) is 33.2 Å². The van der Waals surface area contributed by atoms with Crippen LogP contribution in [0.2, 0.25) is 0 Å². The molecular weight excluding hydrogens is 759 g/mol. The fraction of sp³-hybridized carbons (Fsp3) is 0.822. The number of carbonyl (C=O) groups excluding carboxylic acids is 1. The van der Waals surface area contributed by atoms with Crippen LogP contribution < -0.4 is 0 Å². The van der Waals surface area contributed by atoms with E-state index in [1.165, 1.54) is 6.92 Å². The van der Waals surface area contributed by atoms with Crippen LogP contribution in [0.1, 0.15) is 107 Å². The number of cyclic esters (lactones) is 1. The Labute approximate surface area is 353 Å². The first-order valence-electron chi connectivity index (χ1n) is 21.7. The van der Waals surface area contributed by atoms with Gasteiger partial charge in [-0.15, -0.1) is 0 Å². The molecule has 1 aromatic rings. The first-order valence-corrected chi connectivity index (χ1v) is 21.7. The molecule has 3 aliphatic heterocycles. The zero-order valence-electron chi connectivity index (χ0n) is 38.0. The molecule has 0 aromatic carbocycles. The van der Waals surface area contributed by atoms with Gasteiger partial charge >= 0.3 is 5.97 Å². The summed E-state index contributed by atoms with van der Waals surface area (Å²) < 4.78 is 38.4. The van der Waals surface area contributed by atoms with Crippen molar-refractivity contribution in [1.82, 2.24) is 14.8 Å². The first-order chi connectivity index (χ1) is 27.5. The molecule has 338 valence electrons. The predicted molar refractivity (Wildman–Crippen MR) is 225 cm³/mol. The SMILES string of the molecule is CC[C@H]1OC(=O)[C@H](C)[C@@H](O[C@H]2C[C@@](C)(OC)C[C@H](C)O2)[C@H](C)[C@@H](O[C@@H]2O[C@H](C)C[C@H](N(C)C/C=C/c3cccnc3)[C@H]2O)[C@](C)(O)C[C@@H](C)CN(C)[C@H](C)[C@@H](O)[C@]1(C)O. The average molecular weight is 836 g/mol. The summed E-state index contributed by atoms with van der Waals surface area (Å²) in [7, 11) is 5.47. The fourth-order valence-corrected chi connectivity index (χ4v) is 9.68. The molecule has 0 saturated carbocycles. The number of nitrogens with zero attached hydrogens (tertiary/aromatic N) is 3. The highest BCUT2D eigenvalue weighted by Crippen LogP contribution is 2.40. The van der Waals surface area contributed by atoms with Crippen molar-refractivity contribution < 1.29 is 53.6 Å². The Morgan fingerprint density at radius 2 is 1.71 bits per heavy atom. The topological polar surface area (TPSA) is 173 Å². The second-order valence-electron chi connectivity index (χ2n) is 18.8. The highest BCUT2D eigenvalue weighted by Gasteiger charge is 2.51. The summed E-state index contributed by atoms with van der Waals surface area (Å²) >= 11 is 0. The number of rotatable bonds is 10. The van der Waals surface area contributed by atoms with Crippen molar-refractivity contribution in [3.8, 4) is 0 Å². The molecule has 4 N–H and O–H groups in total. The maximum atomic E-state index is 14.4. The van der Waals surface area contributed by atoms with Crippen LogP contribution in [0.3, 0.4) is 0 Å². The lowest BCUT2D eigenvalue weighted by molar-refractivity contribution is -0.310. The van der Waals surface area contributed by atoms with Crippen LogP contribution in [0.4, 0.5) is 0 Å². The number of aliphatic hydroxyl groups is 4. The molecule has 3 aliphatic rings. The summed E-state index contributed by atoms with van der Waals surface area (Å²) in [6.45, 7) is 19.3. The molecule has 4 rings (SSSR count). The van der Waals surface area contributed by atoms with Crippen LogP contribution in [-0.4, -0.2) is 160 Å². The van der Waals surface area contributed by atoms with E-state index in [0.717, 1.165) is 5.56 Å². The molecule has 3 fully saturated rings. The van der Waals surface area contributed by atoms with Crippen molar-refractivity contribution >= 4 is 12.0 Å². The number of hydrogen-bond acceptors (Lipinski definition) is 14. The van der Waals surface area contributed by atoms with E-state index in [1.54, 1.807) is 40.3 Å². The standard InChI is InChI=1S/C45H77N3O11/c1-14-35-45(10,53)39(50)32(7)48(12)26-27(2)22-44(9,52)40(30(5)38(31(6)41(51)57-35)58-36-24-43(8,54-13)23-29(4)55-36)59-42-37(49)34(21-28(3)56-42)47(11)20-16-18-33-17-15-19-46-25-33/h15-19,25,27-32,34-40,42,49-50,52-53H,14,20-24,26H2,1-13H3/b18-16+/t27-,28-,29+,30+,31-,32-,34+,35-,36+,37-,38+,39-,40-,42+,43+,44-,45-/m1/s1. The summed E-state index contributed by atoms with van der Waals surface area (Å²) in [5.41, 5.74) is -2.92. The molecule has 0 aliphatic carbocycles. The number of esters is 1. The molecule has 14 nitrogen and oxygen atoms in total. The van der Waals surface area contributed by atoms with Gasteiger partial charge in [0.25, 0.3) is 0 Å². The van der Waals surface area contributed by atoms with Gasteiger partial charge in [0.15, 0.2) is 12.6 Å². The number of likely N-dealkylation sites (N-methyl/N-ethyl adjacent to an activating group) is 2. The lowest BCUT2D eigenvalue weighted by atomic mass is 9.77. The van der Waals surface area contributed by atoms with Crippen molar-refractivity contribution in [2.45, 2.75) is 186 Å². The highest BCUT2D eigenvalue weighted by molar-refractivity contribution is 5.73. The molecule has 4 heterocycles. The summed E-state index contributed by atoms with van der Waals surface area (Å²) in [5, 5.41) is 48.1. The van der Waals surface area contributed by atoms with Crippen LogP contribution in [0.15, 0.2) is 30.6 Å². The minimum Gasteiger partial charge on any atom is -0.459 e. The minimum atomic E-state index is -1.79. The van der Waals surface area contributed by atoms with Crippen LogP contribution in [0.5, 0.6) is 0 Å². The monoisotopic (exact) mass is 836 g/mol. The number of aliphatic hydroxyl groups excluding tert-OH is 2. The summed E-state index contributed by atoms with van der Waals surface area (Å²) in [6.07, 6.45) is 1.79. The van der Waals surface area contributed by atoms with Crippen molar-refractivity contribution in [2.75, 3.05) is 34.3 Å². The van der Waals surface area contributed by atoms with Gasteiger partial charge in [0.1, 0.15) is 23.9 Å². The number of aromatic nitrogens is 1. The van der Waals surface area contributed by atoms with Gasteiger partial charge in [-0.2, -0.15) is 0 Å². The van der Waals surface area contributed by atoms with Gasteiger partial charge in [-0.1, -0.05) is 39.0 Å². The third-order valence-corrected chi connectivity index (χ3v) is 13.2. The van der Waals surface area contributed by atoms with Crippen LogP contribution in [0, 0.1) is 17.8 Å². The Morgan fingerprint density at radius 3 is 2.34 bits per heavy atom. The molecule has 0 unspecified atom stereocenters. The number of hydrogen-bond donors (Lipinski definition) is 4. The predicted octanol–water partition coefficient (Wildman–Crippen LogP) is 4.41. The second-order valence-corrected chi connectivity index (χ2v) is 18.8. The third kappa shape index (κ3) is 12.5. The molecule has 0 radical (unpaired) electrons. The number of pyridine rings is 1. The molecule has 59 heavy (non-hydrogen) atoms. The highest BCUT2D eigenvalue weighted by atomic mass is 16.7. The van der Waals surface area contributed by atoms with E-state index >= 15 is 0 Å². The zero-order valence-corrected chi connectivity index (χ0v) is 38.0. The second kappa shape index (κ2) is 20.9. The van der Waals surface area contributed by atoms with E-state index in [0.29, 0.717) is 32.4 Å². The first kappa shape index (κ1) is 49.6. The average Bonchev–Trinajstić information content (AvgIpc) is 3.17. The van der Waals surface area contributed by atoms with Crippen molar-refractivity contribution in [3.05, 3.63) is 36.2 Å². The maximum Gasteiger partial charge on any atom is 0.311 e. The van der Waals surface area contributed by atoms with Crippen molar-refractivity contribution in [1.29, 1.82) is 0 Å². The minimum absolute atomic E-state index is 0.138. The van der Waals surface area contributed by atoms with Gasteiger partial charge in [-0.25, -0.2) is 0 Å². The van der Waals surface area contributed by atoms with E-state index in [2.05, 4.69) is 9.88 Å². The summed E-state index contributed by atoms with van der Waals surface area (Å²) in [6, 6.07) is 2.99. The van der Waals surface area contributed by atoms with Gasteiger partial charge < -0.3 is 53.7 Å². The Bertz CT molecular complexity index is 1480. The lowest BCUT2D eigenvalue weighted by Gasteiger charge is -2.48. The molecule has 3 saturated heterocycles. The molecular formula is C45H77N3O11. The Morgan fingerprint density at radius 1 is 1.02 bits per heavy atom. The Hall–Kier alpha value is -2.08. The number of ether oxygens (including phenoxy) is 6. The fourth-order valence-electron chi connectivity index (χ4n) is 9.68. The van der Waals surface area contributed by atoms with Gasteiger partial charge in [0, 0.05) is 63.4 Å². The van der Waals surface area contributed by atoms with Gasteiger partial charge in [0.2, 0.25) is 0 Å². The van der Waals surface area contributed by atoms with Gasteiger partial charge in [-0.05, 0) is 99.4 Å².